The van der Waals surface area contributed by atoms with Gasteiger partial charge >= 0.3 is 6.18 Å². The number of alkyl halides is 3. The monoisotopic (exact) mass is 540 g/mol. The number of nitrogens with zero attached hydrogens (tertiary/aromatic N) is 3. The maximum absolute atomic E-state index is 13.2. The molecule has 2 amide bonds. The molecule has 0 spiro atoms. The van der Waals surface area contributed by atoms with Crippen LogP contribution >= 0.6 is 11.6 Å². The second-order valence-electron chi connectivity index (χ2n) is 8.50. The van der Waals surface area contributed by atoms with Crippen LogP contribution in [0.1, 0.15) is 29.3 Å². The van der Waals surface area contributed by atoms with Crippen LogP contribution in [0.4, 0.5) is 19.0 Å². The lowest BCUT2D eigenvalue weighted by molar-refractivity contribution is -0.137. The minimum atomic E-state index is -4.59. The molecule has 4 aromatic rings. The molecule has 1 heterocycles. The van der Waals surface area contributed by atoms with Gasteiger partial charge in [0.15, 0.2) is 0 Å². The first-order chi connectivity index (χ1) is 18.2. The highest BCUT2D eigenvalue weighted by molar-refractivity contribution is 6.32. The number of carbonyl (C=O) groups excluding carboxylic acids is 2. The van der Waals surface area contributed by atoms with Crippen LogP contribution in [0.5, 0.6) is 0 Å². The molecule has 0 saturated carbocycles. The predicted octanol–water partition coefficient (Wildman–Crippen LogP) is 6.70. The molecular weight excluding hydrogens is 517 g/mol. The number of para-hydroxylation sites is 1. The minimum Gasteiger partial charge on any atom is -0.329 e. The number of anilines is 1. The standard InChI is InChI=1S/C28H24ClF3N4O2/c1-2-15-35(27(38)20-11-8-12-21(16-20)28(30,31)32)18-26(37)33-25-17-23(19-9-4-3-5-10-19)34-36(25)24-14-7-6-13-22(24)29/h3-14,16-17H,2,15,18H2,1H3,(H,33,37). The topological polar surface area (TPSA) is 67.2 Å². The van der Waals surface area contributed by atoms with Gasteiger partial charge < -0.3 is 10.2 Å². The molecule has 1 aromatic heterocycles. The zero-order valence-corrected chi connectivity index (χ0v) is 21.1. The van der Waals surface area contributed by atoms with Crippen molar-refractivity contribution in [2.75, 3.05) is 18.4 Å². The Morgan fingerprint density at radius 2 is 1.68 bits per heavy atom. The highest BCUT2D eigenvalue weighted by atomic mass is 35.5. The average Bonchev–Trinajstić information content (AvgIpc) is 3.31. The maximum Gasteiger partial charge on any atom is 0.416 e. The van der Waals surface area contributed by atoms with E-state index in [2.05, 4.69) is 10.4 Å². The van der Waals surface area contributed by atoms with Crippen molar-refractivity contribution >= 4 is 29.2 Å². The van der Waals surface area contributed by atoms with E-state index in [0.29, 0.717) is 28.6 Å². The van der Waals surface area contributed by atoms with Crippen LogP contribution in [-0.2, 0) is 11.0 Å². The van der Waals surface area contributed by atoms with Gasteiger partial charge in [-0.25, -0.2) is 4.68 Å². The number of nitrogens with one attached hydrogen (secondary N) is 1. The summed E-state index contributed by atoms with van der Waals surface area (Å²) in [6.07, 6.45) is -4.08. The lowest BCUT2D eigenvalue weighted by Crippen LogP contribution is -2.38. The molecule has 1 N–H and O–H groups in total. The SMILES string of the molecule is CCCN(CC(=O)Nc1cc(-c2ccccc2)nn1-c1ccccc1Cl)C(=O)c1cccc(C(F)(F)F)c1. The number of amides is 2. The molecule has 4 rings (SSSR count). The molecule has 3 aromatic carbocycles. The number of hydrogen-bond acceptors (Lipinski definition) is 3. The molecule has 10 heteroatoms. The smallest absolute Gasteiger partial charge is 0.329 e. The molecule has 0 bridgehead atoms. The molecule has 0 aliphatic carbocycles. The Morgan fingerprint density at radius 3 is 2.37 bits per heavy atom. The zero-order chi connectivity index (χ0) is 27.3. The van der Waals surface area contributed by atoms with E-state index in [0.717, 1.165) is 17.7 Å². The number of aromatic nitrogens is 2. The fourth-order valence-corrected chi connectivity index (χ4v) is 4.13. The first-order valence-electron chi connectivity index (χ1n) is 11.8. The molecule has 0 saturated heterocycles. The fraction of sp³-hybridized carbons (Fsp3) is 0.179. The van der Waals surface area contributed by atoms with Crippen molar-refractivity contribution in [1.82, 2.24) is 14.7 Å². The van der Waals surface area contributed by atoms with Crippen LogP contribution in [0.2, 0.25) is 5.02 Å². The Hall–Kier alpha value is -4.11. The lowest BCUT2D eigenvalue weighted by Gasteiger charge is -2.22. The molecule has 0 radical (unpaired) electrons. The second kappa shape index (κ2) is 11.5. The quantitative estimate of drug-likeness (QED) is 0.270. The number of carbonyl (C=O) groups is 2. The van der Waals surface area contributed by atoms with Crippen LogP contribution in [0, 0.1) is 0 Å². The second-order valence-corrected chi connectivity index (χ2v) is 8.90. The maximum atomic E-state index is 13.2. The van der Waals surface area contributed by atoms with Gasteiger partial charge in [0.25, 0.3) is 5.91 Å². The van der Waals surface area contributed by atoms with Crippen molar-refractivity contribution in [1.29, 1.82) is 0 Å². The molecule has 38 heavy (non-hydrogen) atoms. The van der Waals surface area contributed by atoms with Gasteiger partial charge in [-0.2, -0.15) is 18.3 Å². The van der Waals surface area contributed by atoms with Crippen molar-refractivity contribution in [2.24, 2.45) is 0 Å². The largest absolute Gasteiger partial charge is 0.416 e. The number of halogens is 4. The Balaban J connectivity index is 1.61. The van der Waals surface area contributed by atoms with E-state index in [1.54, 1.807) is 30.3 Å². The van der Waals surface area contributed by atoms with E-state index >= 15 is 0 Å². The van der Waals surface area contributed by atoms with Gasteiger partial charge in [0.2, 0.25) is 5.91 Å². The highest BCUT2D eigenvalue weighted by Gasteiger charge is 2.31. The van der Waals surface area contributed by atoms with Gasteiger partial charge in [-0.05, 0) is 36.8 Å². The number of benzene rings is 3. The van der Waals surface area contributed by atoms with Crippen molar-refractivity contribution in [2.45, 2.75) is 19.5 Å². The summed E-state index contributed by atoms with van der Waals surface area (Å²) in [4.78, 5) is 27.4. The first kappa shape index (κ1) is 26.9. The Labute approximate surface area is 222 Å². The molecule has 0 fully saturated rings. The first-order valence-corrected chi connectivity index (χ1v) is 12.2. The van der Waals surface area contributed by atoms with E-state index in [-0.39, 0.29) is 18.7 Å². The Kier molecular flexibility index (Phi) is 8.16. The summed E-state index contributed by atoms with van der Waals surface area (Å²) in [7, 11) is 0. The van der Waals surface area contributed by atoms with E-state index < -0.39 is 23.6 Å². The van der Waals surface area contributed by atoms with E-state index in [1.807, 2.05) is 37.3 Å². The van der Waals surface area contributed by atoms with Gasteiger partial charge in [-0.1, -0.05) is 67.1 Å². The molecule has 0 atom stereocenters. The van der Waals surface area contributed by atoms with Crippen LogP contribution in [-0.4, -0.2) is 39.6 Å². The van der Waals surface area contributed by atoms with Crippen molar-refractivity contribution in [3.8, 4) is 16.9 Å². The molecule has 0 unspecified atom stereocenters. The third-order valence-electron chi connectivity index (χ3n) is 5.68. The zero-order valence-electron chi connectivity index (χ0n) is 20.4. The van der Waals surface area contributed by atoms with Gasteiger partial charge in [-0.15, -0.1) is 0 Å². The summed E-state index contributed by atoms with van der Waals surface area (Å²) in [5.74, 6) is -0.880. The van der Waals surface area contributed by atoms with Gasteiger partial charge in [0.1, 0.15) is 12.4 Å². The van der Waals surface area contributed by atoms with E-state index in [9.17, 15) is 22.8 Å². The molecule has 196 valence electrons. The third-order valence-corrected chi connectivity index (χ3v) is 6.00. The summed E-state index contributed by atoms with van der Waals surface area (Å²) >= 11 is 6.40. The molecule has 0 aliphatic heterocycles. The van der Waals surface area contributed by atoms with E-state index in [4.69, 9.17) is 11.6 Å². The highest BCUT2D eigenvalue weighted by Crippen LogP contribution is 2.30. The van der Waals surface area contributed by atoms with Crippen LogP contribution in [0.15, 0.2) is 84.9 Å². The van der Waals surface area contributed by atoms with Gasteiger partial charge in [-0.3, -0.25) is 9.59 Å². The fourth-order valence-electron chi connectivity index (χ4n) is 3.92. The van der Waals surface area contributed by atoms with Crippen LogP contribution < -0.4 is 5.32 Å². The Bertz CT molecular complexity index is 1440. The van der Waals surface area contributed by atoms with E-state index in [1.165, 1.54) is 21.7 Å². The Morgan fingerprint density at radius 1 is 0.974 bits per heavy atom. The van der Waals surface area contributed by atoms with Crippen molar-refractivity contribution in [3.63, 3.8) is 0 Å². The summed E-state index contributed by atoms with van der Waals surface area (Å²) in [6.45, 7) is 1.63. The molecular formula is C28H24ClF3N4O2. The predicted molar refractivity (Wildman–Crippen MR) is 140 cm³/mol. The summed E-state index contributed by atoms with van der Waals surface area (Å²) in [5, 5.41) is 7.83. The van der Waals surface area contributed by atoms with Crippen molar-refractivity contribution < 1.29 is 22.8 Å². The molecule has 0 aliphatic rings. The minimum absolute atomic E-state index is 0.145. The number of hydrogen-bond donors (Lipinski definition) is 1. The summed E-state index contributed by atoms with van der Waals surface area (Å²) in [5.41, 5.74) is 0.874. The summed E-state index contributed by atoms with van der Waals surface area (Å²) in [6, 6.07) is 22.2. The van der Waals surface area contributed by atoms with Crippen LogP contribution in [0.25, 0.3) is 16.9 Å². The lowest BCUT2D eigenvalue weighted by atomic mass is 10.1. The molecule has 6 nitrogen and oxygen atoms in total. The summed E-state index contributed by atoms with van der Waals surface area (Å²) < 4.78 is 41.0. The van der Waals surface area contributed by atoms with Crippen molar-refractivity contribution in [3.05, 3.63) is 101 Å². The average molecular weight is 541 g/mol. The van der Waals surface area contributed by atoms with Crippen LogP contribution in [0.3, 0.4) is 0 Å². The third kappa shape index (κ3) is 6.23. The van der Waals surface area contributed by atoms with Gasteiger partial charge in [0.05, 0.1) is 22.0 Å². The normalized spacial score (nSPS) is 11.3. The number of rotatable bonds is 8. The van der Waals surface area contributed by atoms with Gasteiger partial charge in [0, 0.05) is 23.7 Å².